The van der Waals surface area contributed by atoms with Crippen LogP contribution in [-0.2, 0) is 4.74 Å². The molecule has 0 saturated carbocycles. The molecule has 1 fully saturated rings. The van der Waals surface area contributed by atoms with Crippen LogP contribution in [0.1, 0.15) is 30.9 Å². The van der Waals surface area contributed by atoms with Gasteiger partial charge in [0.25, 0.3) is 0 Å². The van der Waals surface area contributed by atoms with E-state index >= 15 is 0 Å². The normalized spacial score (nSPS) is 22.3. The van der Waals surface area contributed by atoms with Gasteiger partial charge in [-0.05, 0) is 18.9 Å². The summed E-state index contributed by atoms with van der Waals surface area (Å²) in [5.41, 5.74) is 0.685. The van der Waals surface area contributed by atoms with Crippen molar-refractivity contribution in [3.8, 4) is 0 Å². The highest BCUT2D eigenvalue weighted by molar-refractivity contribution is 6.42. The number of aliphatic hydroxyl groups is 1. The van der Waals surface area contributed by atoms with E-state index in [1.165, 1.54) is 0 Å². The lowest BCUT2D eigenvalue weighted by Gasteiger charge is -2.17. The monoisotopic (exact) mass is 260 g/mol. The Morgan fingerprint density at radius 2 is 2.25 bits per heavy atom. The van der Waals surface area contributed by atoms with Crippen LogP contribution in [0.4, 0.5) is 0 Å². The summed E-state index contributed by atoms with van der Waals surface area (Å²) >= 11 is 11.9. The number of aliphatic hydroxyl groups excluding tert-OH is 1. The molecule has 0 spiro atoms. The van der Waals surface area contributed by atoms with Gasteiger partial charge in [-0.15, -0.1) is 0 Å². The highest BCUT2D eigenvalue weighted by Crippen LogP contribution is 2.33. The molecule has 0 aliphatic carbocycles. The molecule has 16 heavy (non-hydrogen) atoms. The molecule has 1 aromatic carbocycles. The first-order chi connectivity index (χ1) is 7.68. The Morgan fingerprint density at radius 3 is 2.94 bits per heavy atom. The highest BCUT2D eigenvalue weighted by Gasteiger charge is 2.22. The van der Waals surface area contributed by atoms with E-state index in [9.17, 15) is 5.11 Å². The average Bonchev–Trinajstić information content (AvgIpc) is 2.74. The molecular formula is C12H14Cl2O2. The fraction of sp³-hybridized carbons (Fsp3) is 0.500. The smallest absolute Gasteiger partial charge is 0.0829 e. The van der Waals surface area contributed by atoms with E-state index in [1.54, 1.807) is 18.2 Å². The summed E-state index contributed by atoms with van der Waals surface area (Å²) in [7, 11) is 0. The molecule has 0 bridgehead atoms. The van der Waals surface area contributed by atoms with Gasteiger partial charge >= 0.3 is 0 Å². The molecule has 2 unspecified atom stereocenters. The molecule has 1 aliphatic rings. The van der Waals surface area contributed by atoms with Crippen molar-refractivity contribution in [3.05, 3.63) is 33.8 Å². The van der Waals surface area contributed by atoms with Crippen LogP contribution in [0.2, 0.25) is 10.0 Å². The zero-order valence-electron chi connectivity index (χ0n) is 8.83. The Balaban J connectivity index is 2.07. The molecule has 2 nitrogen and oxygen atoms in total. The first kappa shape index (κ1) is 12.2. The van der Waals surface area contributed by atoms with Gasteiger partial charge in [0.2, 0.25) is 0 Å². The second kappa shape index (κ2) is 5.37. The molecule has 2 atom stereocenters. The Morgan fingerprint density at radius 1 is 1.44 bits per heavy atom. The van der Waals surface area contributed by atoms with Crippen LogP contribution in [0.5, 0.6) is 0 Å². The molecule has 0 amide bonds. The van der Waals surface area contributed by atoms with Gasteiger partial charge in [-0.2, -0.15) is 0 Å². The van der Waals surface area contributed by atoms with Crippen molar-refractivity contribution in [3.63, 3.8) is 0 Å². The fourth-order valence-electron chi connectivity index (χ4n) is 1.98. The first-order valence-corrected chi connectivity index (χ1v) is 6.17. The van der Waals surface area contributed by atoms with Crippen LogP contribution in [0.3, 0.4) is 0 Å². The number of ether oxygens (including phenoxy) is 1. The van der Waals surface area contributed by atoms with Crippen LogP contribution in [-0.4, -0.2) is 17.8 Å². The third-order valence-electron chi connectivity index (χ3n) is 2.85. The van der Waals surface area contributed by atoms with Crippen LogP contribution in [0.25, 0.3) is 0 Å². The van der Waals surface area contributed by atoms with Crippen molar-refractivity contribution in [2.24, 2.45) is 0 Å². The van der Waals surface area contributed by atoms with Gasteiger partial charge in [0.15, 0.2) is 0 Å². The van der Waals surface area contributed by atoms with E-state index < -0.39 is 6.10 Å². The summed E-state index contributed by atoms with van der Waals surface area (Å²) in [6.07, 6.45) is 2.20. The van der Waals surface area contributed by atoms with E-state index in [0.717, 1.165) is 19.4 Å². The van der Waals surface area contributed by atoms with Gasteiger partial charge in [0.1, 0.15) is 0 Å². The summed E-state index contributed by atoms with van der Waals surface area (Å²) in [6, 6.07) is 5.31. The maximum absolute atomic E-state index is 10.1. The number of benzene rings is 1. The van der Waals surface area contributed by atoms with Gasteiger partial charge in [0, 0.05) is 18.6 Å². The summed E-state index contributed by atoms with van der Waals surface area (Å²) in [6.45, 7) is 0.792. The summed E-state index contributed by atoms with van der Waals surface area (Å²) in [4.78, 5) is 0. The third kappa shape index (κ3) is 2.69. The molecule has 1 heterocycles. The Hall–Kier alpha value is -0.280. The van der Waals surface area contributed by atoms with Crippen LogP contribution in [0.15, 0.2) is 18.2 Å². The van der Waals surface area contributed by atoms with Crippen LogP contribution in [0, 0.1) is 0 Å². The van der Waals surface area contributed by atoms with E-state index in [2.05, 4.69) is 0 Å². The topological polar surface area (TPSA) is 29.5 Å². The van der Waals surface area contributed by atoms with Gasteiger partial charge in [-0.25, -0.2) is 0 Å². The molecule has 1 aliphatic heterocycles. The number of hydrogen-bond acceptors (Lipinski definition) is 2. The van der Waals surface area contributed by atoms with E-state index in [-0.39, 0.29) is 6.10 Å². The Labute approximate surface area is 105 Å². The van der Waals surface area contributed by atoms with Crippen molar-refractivity contribution < 1.29 is 9.84 Å². The Kier molecular flexibility index (Phi) is 4.09. The number of hydrogen-bond donors (Lipinski definition) is 1. The van der Waals surface area contributed by atoms with E-state index in [4.69, 9.17) is 27.9 Å². The van der Waals surface area contributed by atoms with Crippen molar-refractivity contribution in [1.82, 2.24) is 0 Å². The predicted octanol–water partition coefficient (Wildman–Crippen LogP) is 3.60. The van der Waals surface area contributed by atoms with Crippen LogP contribution < -0.4 is 0 Å². The quantitative estimate of drug-likeness (QED) is 0.900. The fourth-order valence-corrected chi connectivity index (χ4v) is 2.42. The first-order valence-electron chi connectivity index (χ1n) is 5.42. The maximum atomic E-state index is 10.1. The average molecular weight is 261 g/mol. The molecule has 0 radical (unpaired) electrons. The van der Waals surface area contributed by atoms with Crippen molar-refractivity contribution in [1.29, 1.82) is 0 Å². The third-order valence-corrected chi connectivity index (χ3v) is 3.68. The lowest BCUT2D eigenvalue weighted by molar-refractivity contribution is 0.0535. The largest absolute Gasteiger partial charge is 0.388 e. The van der Waals surface area contributed by atoms with Crippen molar-refractivity contribution >= 4 is 23.2 Å². The van der Waals surface area contributed by atoms with Crippen LogP contribution >= 0.6 is 23.2 Å². The molecule has 4 heteroatoms. The molecule has 1 saturated heterocycles. The predicted molar refractivity (Wildman–Crippen MR) is 65.0 cm³/mol. The van der Waals surface area contributed by atoms with Gasteiger partial charge in [-0.1, -0.05) is 35.3 Å². The van der Waals surface area contributed by atoms with Crippen molar-refractivity contribution in [2.75, 3.05) is 6.61 Å². The summed E-state index contributed by atoms with van der Waals surface area (Å²) in [5, 5.41) is 11.0. The molecule has 1 N–H and O–H groups in total. The maximum Gasteiger partial charge on any atom is 0.0829 e. The molecule has 2 rings (SSSR count). The molecule has 1 aromatic rings. The highest BCUT2D eigenvalue weighted by atomic mass is 35.5. The summed E-state index contributed by atoms with van der Waals surface area (Å²) < 4.78 is 5.48. The minimum absolute atomic E-state index is 0.144. The second-order valence-electron chi connectivity index (χ2n) is 4.03. The lowest BCUT2D eigenvalue weighted by atomic mass is 10.0. The summed E-state index contributed by atoms with van der Waals surface area (Å²) in [5.74, 6) is 0. The zero-order valence-corrected chi connectivity index (χ0v) is 10.3. The SMILES string of the molecule is OC(CC1CCCO1)c1cccc(Cl)c1Cl. The number of rotatable bonds is 3. The lowest BCUT2D eigenvalue weighted by Crippen LogP contribution is -2.11. The van der Waals surface area contributed by atoms with Gasteiger partial charge in [-0.3, -0.25) is 0 Å². The second-order valence-corrected chi connectivity index (χ2v) is 4.81. The van der Waals surface area contributed by atoms with E-state index in [1.807, 2.05) is 0 Å². The molecule has 88 valence electrons. The van der Waals surface area contributed by atoms with Gasteiger partial charge in [0.05, 0.1) is 22.3 Å². The minimum Gasteiger partial charge on any atom is -0.388 e. The number of halogens is 2. The molecular weight excluding hydrogens is 247 g/mol. The van der Waals surface area contributed by atoms with Gasteiger partial charge < -0.3 is 9.84 Å². The zero-order chi connectivity index (χ0) is 11.5. The van der Waals surface area contributed by atoms with E-state index in [0.29, 0.717) is 22.0 Å². The minimum atomic E-state index is -0.603. The van der Waals surface area contributed by atoms with Crippen molar-refractivity contribution in [2.45, 2.75) is 31.5 Å². The molecule has 0 aromatic heterocycles. The Bertz CT molecular complexity index is 362. The standard InChI is InChI=1S/C12H14Cl2O2/c13-10-5-1-4-9(12(10)14)11(15)7-8-3-2-6-16-8/h1,4-5,8,11,15H,2-3,6-7H2.